The van der Waals surface area contributed by atoms with Crippen molar-refractivity contribution >= 4 is 0 Å². The van der Waals surface area contributed by atoms with Crippen molar-refractivity contribution in [1.82, 2.24) is 9.80 Å². The standard InChI is InChI=1S/C39H46N2O6/c1-40-15-13-27-21-35(43-4)37(45-6)23-30(27)32(40)18-25-9-8-10-29(17-25)47-39-20-26(11-12-34(39)42-3)19-33-31-24-38(46-7)36(44-5)22-28(31)14-16-41(33)2/h8-12,17,20-24,32-33H,13-16,18-19H2,1-7H3/t32-,33-/m1/s1. The number of nitrogens with zero attached hydrogens (tertiary/aromatic N) is 2. The quantitative estimate of drug-likeness (QED) is 0.173. The molecule has 0 unspecified atom stereocenters. The van der Waals surface area contributed by atoms with Crippen LogP contribution in [0.1, 0.15) is 45.5 Å². The summed E-state index contributed by atoms with van der Waals surface area (Å²) in [6.45, 7) is 1.95. The van der Waals surface area contributed by atoms with E-state index < -0.39 is 0 Å². The Balaban J connectivity index is 1.24. The second-order valence-corrected chi connectivity index (χ2v) is 12.4. The third-order valence-corrected chi connectivity index (χ3v) is 9.75. The molecule has 2 heterocycles. The average Bonchev–Trinajstić information content (AvgIpc) is 3.09. The zero-order chi connectivity index (χ0) is 33.1. The molecule has 0 bridgehead atoms. The lowest BCUT2D eigenvalue weighted by molar-refractivity contribution is 0.227. The molecule has 2 atom stereocenters. The maximum atomic E-state index is 6.56. The molecule has 0 spiro atoms. The number of hydrogen-bond acceptors (Lipinski definition) is 8. The summed E-state index contributed by atoms with van der Waals surface area (Å²) >= 11 is 0. The van der Waals surface area contributed by atoms with Crippen LogP contribution in [0.3, 0.4) is 0 Å². The highest BCUT2D eigenvalue weighted by Gasteiger charge is 2.29. The van der Waals surface area contributed by atoms with Gasteiger partial charge >= 0.3 is 0 Å². The Labute approximate surface area is 278 Å². The summed E-state index contributed by atoms with van der Waals surface area (Å²) in [6.07, 6.45) is 3.61. The van der Waals surface area contributed by atoms with Crippen LogP contribution in [0, 0.1) is 0 Å². The van der Waals surface area contributed by atoms with E-state index >= 15 is 0 Å². The first-order chi connectivity index (χ1) is 22.8. The first kappa shape index (κ1) is 32.5. The Kier molecular flexibility index (Phi) is 9.80. The maximum Gasteiger partial charge on any atom is 0.169 e. The molecule has 2 aliphatic rings. The van der Waals surface area contributed by atoms with Crippen LogP contribution >= 0.6 is 0 Å². The summed E-state index contributed by atoms with van der Waals surface area (Å²) in [7, 11) is 12.8. The molecule has 4 aromatic carbocycles. The smallest absolute Gasteiger partial charge is 0.169 e. The largest absolute Gasteiger partial charge is 0.493 e. The van der Waals surface area contributed by atoms with Gasteiger partial charge in [-0.3, -0.25) is 9.80 Å². The molecular formula is C39H46N2O6. The van der Waals surface area contributed by atoms with Gasteiger partial charge in [-0.05, 0) is 122 Å². The lowest BCUT2D eigenvalue weighted by atomic mass is 9.88. The Morgan fingerprint density at radius 1 is 0.532 bits per heavy atom. The molecule has 4 aromatic rings. The maximum absolute atomic E-state index is 6.56. The highest BCUT2D eigenvalue weighted by molar-refractivity contribution is 5.52. The molecule has 0 N–H and O–H groups in total. The topological polar surface area (TPSA) is 61.9 Å². The van der Waals surface area contributed by atoms with E-state index in [0.717, 1.165) is 67.5 Å². The molecule has 0 saturated carbocycles. The van der Waals surface area contributed by atoms with Crippen molar-refractivity contribution in [3.8, 4) is 40.2 Å². The zero-order valence-electron chi connectivity index (χ0n) is 28.6. The number of likely N-dealkylation sites (N-methyl/N-ethyl adjacent to an activating group) is 2. The number of rotatable bonds is 11. The zero-order valence-corrected chi connectivity index (χ0v) is 28.6. The van der Waals surface area contributed by atoms with Crippen molar-refractivity contribution in [3.63, 3.8) is 0 Å². The molecule has 8 heteroatoms. The van der Waals surface area contributed by atoms with Crippen LogP contribution < -0.4 is 28.4 Å². The van der Waals surface area contributed by atoms with Gasteiger partial charge in [0, 0.05) is 25.2 Å². The second kappa shape index (κ2) is 14.2. The SMILES string of the molecule is COc1cc2c(cc1OC)[C@@H](Cc1cccc(Oc3cc(C[C@@H]4c5cc(OC)c(OC)cc5CCN4C)ccc3OC)c1)N(C)CC2. The van der Waals surface area contributed by atoms with E-state index in [9.17, 15) is 0 Å². The van der Waals surface area contributed by atoms with Gasteiger partial charge in [0.25, 0.3) is 0 Å². The molecular weight excluding hydrogens is 592 g/mol. The van der Waals surface area contributed by atoms with Crippen LogP contribution in [0.15, 0.2) is 66.7 Å². The summed E-state index contributed by atoms with van der Waals surface area (Å²) in [6, 6.07) is 23.6. The molecule has 0 saturated heterocycles. The minimum Gasteiger partial charge on any atom is -0.493 e. The van der Waals surface area contributed by atoms with Crippen molar-refractivity contribution in [3.05, 3.63) is 100 Å². The third-order valence-electron chi connectivity index (χ3n) is 9.75. The molecule has 0 fully saturated rings. The summed E-state index contributed by atoms with van der Waals surface area (Å²) < 4.78 is 34.8. The van der Waals surface area contributed by atoms with Gasteiger partial charge in [-0.2, -0.15) is 0 Å². The van der Waals surface area contributed by atoms with Crippen LogP contribution in [-0.2, 0) is 25.7 Å². The lowest BCUT2D eigenvalue weighted by Gasteiger charge is -2.35. The fourth-order valence-electron chi connectivity index (χ4n) is 7.08. The monoisotopic (exact) mass is 638 g/mol. The van der Waals surface area contributed by atoms with Crippen molar-refractivity contribution in [1.29, 1.82) is 0 Å². The van der Waals surface area contributed by atoms with E-state index in [0.29, 0.717) is 11.5 Å². The van der Waals surface area contributed by atoms with Gasteiger partial charge in [0.2, 0.25) is 0 Å². The van der Waals surface area contributed by atoms with Crippen molar-refractivity contribution in [2.75, 3.05) is 62.7 Å². The van der Waals surface area contributed by atoms with E-state index in [-0.39, 0.29) is 12.1 Å². The number of ether oxygens (including phenoxy) is 6. The van der Waals surface area contributed by atoms with Gasteiger partial charge < -0.3 is 28.4 Å². The summed E-state index contributed by atoms with van der Waals surface area (Å²) in [5.74, 6) is 5.25. The summed E-state index contributed by atoms with van der Waals surface area (Å²) in [5.41, 5.74) is 7.53. The molecule has 0 aromatic heterocycles. The van der Waals surface area contributed by atoms with Crippen molar-refractivity contribution < 1.29 is 28.4 Å². The minimum absolute atomic E-state index is 0.192. The molecule has 8 nitrogen and oxygen atoms in total. The first-order valence-electron chi connectivity index (χ1n) is 16.2. The van der Waals surface area contributed by atoms with Crippen LogP contribution in [-0.4, -0.2) is 72.5 Å². The fraction of sp³-hybridized carbons (Fsp3) is 0.385. The molecule has 2 aliphatic heterocycles. The van der Waals surface area contributed by atoms with Gasteiger partial charge in [0.15, 0.2) is 34.5 Å². The fourth-order valence-corrected chi connectivity index (χ4v) is 7.08. The molecule has 248 valence electrons. The summed E-state index contributed by atoms with van der Waals surface area (Å²) in [4.78, 5) is 4.83. The lowest BCUT2D eigenvalue weighted by Crippen LogP contribution is -2.33. The third kappa shape index (κ3) is 6.71. The number of fused-ring (bicyclic) bond motifs is 2. The van der Waals surface area contributed by atoms with Crippen LogP contribution in [0.5, 0.6) is 40.2 Å². The first-order valence-corrected chi connectivity index (χ1v) is 16.2. The van der Waals surface area contributed by atoms with Gasteiger partial charge in [0.1, 0.15) is 5.75 Å². The van der Waals surface area contributed by atoms with E-state index in [4.69, 9.17) is 28.4 Å². The van der Waals surface area contributed by atoms with Crippen molar-refractivity contribution in [2.24, 2.45) is 0 Å². The van der Waals surface area contributed by atoms with E-state index in [1.54, 1.807) is 35.5 Å². The van der Waals surface area contributed by atoms with Gasteiger partial charge in [-0.15, -0.1) is 0 Å². The Hall–Kier alpha value is -4.40. The van der Waals surface area contributed by atoms with Gasteiger partial charge in [-0.25, -0.2) is 0 Å². The predicted molar refractivity (Wildman–Crippen MR) is 184 cm³/mol. The predicted octanol–water partition coefficient (Wildman–Crippen LogP) is 7.07. The molecule has 47 heavy (non-hydrogen) atoms. The Morgan fingerprint density at radius 3 is 1.53 bits per heavy atom. The van der Waals surface area contributed by atoms with Crippen LogP contribution in [0.2, 0.25) is 0 Å². The second-order valence-electron chi connectivity index (χ2n) is 12.4. The minimum atomic E-state index is 0.192. The van der Waals surface area contributed by atoms with Crippen LogP contribution in [0.25, 0.3) is 0 Å². The normalized spacial score (nSPS) is 17.8. The van der Waals surface area contributed by atoms with Crippen molar-refractivity contribution in [2.45, 2.75) is 37.8 Å². The van der Waals surface area contributed by atoms with Gasteiger partial charge in [0.05, 0.1) is 35.5 Å². The van der Waals surface area contributed by atoms with Gasteiger partial charge in [-0.1, -0.05) is 18.2 Å². The molecule has 6 rings (SSSR count). The number of hydrogen-bond donors (Lipinski definition) is 0. The number of benzene rings is 4. The summed E-state index contributed by atoms with van der Waals surface area (Å²) in [5, 5.41) is 0. The molecule has 0 amide bonds. The number of methoxy groups -OCH3 is 5. The Bertz CT molecular complexity index is 1720. The highest BCUT2D eigenvalue weighted by Crippen LogP contribution is 2.42. The van der Waals surface area contributed by atoms with E-state index in [1.165, 1.54) is 33.4 Å². The van der Waals surface area contributed by atoms with Crippen LogP contribution in [0.4, 0.5) is 0 Å². The van der Waals surface area contributed by atoms with E-state index in [2.05, 4.69) is 78.5 Å². The average molecular weight is 639 g/mol. The molecule has 0 aliphatic carbocycles. The highest BCUT2D eigenvalue weighted by atomic mass is 16.5. The Morgan fingerprint density at radius 2 is 1.02 bits per heavy atom. The molecule has 0 radical (unpaired) electrons. The van der Waals surface area contributed by atoms with E-state index in [1.807, 2.05) is 12.1 Å².